The maximum atomic E-state index is 12.2. The fourth-order valence-corrected chi connectivity index (χ4v) is 3.40. The first-order valence-corrected chi connectivity index (χ1v) is 12.5. The Morgan fingerprint density at radius 3 is 2.20 bits per heavy atom. The normalized spacial score (nSPS) is 10.7. The summed E-state index contributed by atoms with van der Waals surface area (Å²) in [7, 11) is 1.58. The molecule has 2 amide bonds. The number of unbranched alkanes of at least 4 members (excludes halogenated alkanes) is 3. The highest BCUT2D eigenvalue weighted by Gasteiger charge is 2.03. The van der Waals surface area contributed by atoms with Gasteiger partial charge in [0.25, 0.3) is 0 Å². The summed E-state index contributed by atoms with van der Waals surface area (Å²) in [6, 6.07) is 16.1. The van der Waals surface area contributed by atoms with Crippen molar-refractivity contribution in [2.75, 3.05) is 45.4 Å². The number of likely N-dealkylation sites (N-methyl/N-ethyl adjacent to an activating group) is 1. The van der Waals surface area contributed by atoms with E-state index < -0.39 is 0 Å². The number of aryl methyl sites for hydroxylation is 2. The largest absolute Gasteiger partial charge is 0.491 e. The van der Waals surface area contributed by atoms with Crippen LogP contribution in [0.25, 0.3) is 0 Å². The van der Waals surface area contributed by atoms with E-state index in [-0.39, 0.29) is 18.4 Å². The Hall–Kier alpha value is -2.90. The Labute approximate surface area is 209 Å². The molecule has 2 rings (SSSR count). The SMILES string of the molecule is CNC(=O)COCCCOCCOc1ccc(NC(=O)CCCCCCc2ccc(C)cc2)cc1. The zero-order chi connectivity index (χ0) is 25.1. The standard InChI is InChI=1S/C28H40N2O5/c1-23-10-12-24(13-11-23)8-5-3-4-6-9-27(31)30-25-14-16-26(17-15-25)35-21-20-33-18-7-19-34-22-28(32)29-2/h10-17H,3-9,18-22H2,1-2H3,(H,29,32)(H,30,31). The van der Waals surface area contributed by atoms with Crippen LogP contribution < -0.4 is 15.4 Å². The van der Waals surface area contributed by atoms with Gasteiger partial charge >= 0.3 is 0 Å². The molecule has 0 heterocycles. The molecule has 192 valence electrons. The monoisotopic (exact) mass is 484 g/mol. The van der Waals surface area contributed by atoms with Crippen molar-refractivity contribution in [1.82, 2.24) is 5.32 Å². The summed E-state index contributed by atoms with van der Waals surface area (Å²) in [5, 5.41) is 5.45. The number of carbonyl (C=O) groups excluding carboxylic acids is 2. The highest BCUT2D eigenvalue weighted by Crippen LogP contribution is 2.16. The van der Waals surface area contributed by atoms with Crippen LogP contribution in [0.4, 0.5) is 5.69 Å². The summed E-state index contributed by atoms with van der Waals surface area (Å²) in [5.74, 6) is 0.643. The predicted molar refractivity (Wildman–Crippen MR) is 139 cm³/mol. The van der Waals surface area contributed by atoms with Crippen LogP contribution >= 0.6 is 0 Å². The first kappa shape index (κ1) is 28.3. The van der Waals surface area contributed by atoms with Crippen LogP contribution in [-0.4, -0.2) is 51.9 Å². The molecule has 0 spiro atoms. The maximum absolute atomic E-state index is 12.2. The Balaban J connectivity index is 1.46. The molecule has 0 aliphatic heterocycles. The molecule has 0 aliphatic rings. The first-order valence-electron chi connectivity index (χ1n) is 12.5. The molecule has 7 nitrogen and oxygen atoms in total. The van der Waals surface area contributed by atoms with Crippen molar-refractivity contribution in [2.45, 2.75) is 51.9 Å². The second-order valence-electron chi connectivity index (χ2n) is 8.51. The molecule has 7 heteroatoms. The number of carbonyl (C=O) groups is 2. The topological polar surface area (TPSA) is 85.9 Å². The van der Waals surface area contributed by atoms with Gasteiger partial charge in [-0.3, -0.25) is 9.59 Å². The van der Waals surface area contributed by atoms with Crippen LogP contribution in [0.15, 0.2) is 48.5 Å². The van der Waals surface area contributed by atoms with Crippen molar-refractivity contribution in [2.24, 2.45) is 0 Å². The number of nitrogens with one attached hydrogen (secondary N) is 2. The minimum absolute atomic E-state index is 0.0462. The van der Waals surface area contributed by atoms with Gasteiger partial charge in [-0.15, -0.1) is 0 Å². The van der Waals surface area contributed by atoms with E-state index in [4.69, 9.17) is 14.2 Å². The molecule has 0 aromatic heterocycles. The minimum Gasteiger partial charge on any atom is -0.491 e. The van der Waals surface area contributed by atoms with Crippen molar-refractivity contribution < 1.29 is 23.8 Å². The number of benzene rings is 2. The van der Waals surface area contributed by atoms with Gasteiger partial charge in [-0.05, 0) is 62.4 Å². The van der Waals surface area contributed by atoms with Crippen LogP contribution in [0.3, 0.4) is 0 Å². The van der Waals surface area contributed by atoms with Crippen LogP contribution in [0.5, 0.6) is 5.75 Å². The third-order valence-electron chi connectivity index (χ3n) is 5.46. The maximum Gasteiger partial charge on any atom is 0.245 e. The predicted octanol–water partition coefficient (Wildman–Crippen LogP) is 4.67. The van der Waals surface area contributed by atoms with Gasteiger partial charge in [0.15, 0.2) is 0 Å². The van der Waals surface area contributed by atoms with Crippen LogP contribution in [0.1, 0.15) is 49.7 Å². The van der Waals surface area contributed by atoms with E-state index in [1.54, 1.807) is 7.05 Å². The Morgan fingerprint density at radius 1 is 0.743 bits per heavy atom. The summed E-state index contributed by atoms with van der Waals surface area (Å²) in [6.07, 6.45) is 6.63. The summed E-state index contributed by atoms with van der Waals surface area (Å²) in [6.45, 7) is 4.12. The minimum atomic E-state index is -0.134. The fourth-order valence-electron chi connectivity index (χ4n) is 3.40. The van der Waals surface area contributed by atoms with E-state index in [0.717, 1.165) is 50.0 Å². The Bertz CT molecular complexity index is 853. The number of ether oxygens (including phenoxy) is 3. The molecule has 0 atom stereocenters. The number of rotatable bonds is 18. The van der Waals surface area contributed by atoms with Gasteiger partial charge in [-0.2, -0.15) is 0 Å². The van der Waals surface area contributed by atoms with E-state index in [9.17, 15) is 9.59 Å². The van der Waals surface area contributed by atoms with Crippen LogP contribution in [0.2, 0.25) is 0 Å². The van der Waals surface area contributed by atoms with Gasteiger partial charge in [0.1, 0.15) is 19.0 Å². The molecule has 0 aliphatic carbocycles. The van der Waals surface area contributed by atoms with E-state index in [0.29, 0.717) is 32.8 Å². The quantitative estimate of drug-likeness (QED) is 0.300. The average molecular weight is 485 g/mol. The molecule has 0 fully saturated rings. The number of amides is 2. The smallest absolute Gasteiger partial charge is 0.245 e. The zero-order valence-electron chi connectivity index (χ0n) is 21.1. The van der Waals surface area contributed by atoms with E-state index >= 15 is 0 Å². The van der Waals surface area contributed by atoms with E-state index in [1.807, 2.05) is 24.3 Å². The van der Waals surface area contributed by atoms with Gasteiger partial charge < -0.3 is 24.8 Å². The molecule has 0 saturated carbocycles. The molecular weight excluding hydrogens is 444 g/mol. The lowest BCUT2D eigenvalue weighted by Gasteiger charge is -2.09. The first-order chi connectivity index (χ1) is 17.1. The lowest BCUT2D eigenvalue weighted by atomic mass is 10.0. The van der Waals surface area contributed by atoms with Crippen molar-refractivity contribution in [3.8, 4) is 5.75 Å². The van der Waals surface area contributed by atoms with Gasteiger partial charge in [0.2, 0.25) is 11.8 Å². The van der Waals surface area contributed by atoms with Gasteiger partial charge in [0.05, 0.1) is 6.61 Å². The second kappa shape index (κ2) is 17.5. The molecule has 2 aromatic rings. The summed E-state index contributed by atoms with van der Waals surface area (Å²) in [4.78, 5) is 23.2. The van der Waals surface area contributed by atoms with E-state index in [1.165, 1.54) is 11.1 Å². The lowest BCUT2D eigenvalue weighted by molar-refractivity contribution is -0.125. The number of hydrogen-bond donors (Lipinski definition) is 2. The van der Waals surface area contributed by atoms with Crippen molar-refractivity contribution >= 4 is 17.5 Å². The Kier molecular flexibility index (Phi) is 14.2. The third kappa shape index (κ3) is 13.5. The third-order valence-corrected chi connectivity index (χ3v) is 5.46. The average Bonchev–Trinajstić information content (AvgIpc) is 2.87. The number of hydrogen-bond acceptors (Lipinski definition) is 5. The zero-order valence-corrected chi connectivity index (χ0v) is 21.1. The van der Waals surface area contributed by atoms with Gasteiger partial charge in [-0.25, -0.2) is 0 Å². The highest BCUT2D eigenvalue weighted by molar-refractivity contribution is 5.90. The van der Waals surface area contributed by atoms with Gasteiger partial charge in [0, 0.05) is 32.4 Å². The van der Waals surface area contributed by atoms with Crippen LogP contribution in [0, 0.1) is 6.92 Å². The molecule has 0 radical (unpaired) electrons. The molecule has 2 aromatic carbocycles. The Morgan fingerprint density at radius 2 is 1.46 bits per heavy atom. The lowest BCUT2D eigenvalue weighted by Crippen LogP contribution is -2.23. The molecule has 0 saturated heterocycles. The summed E-state index contributed by atoms with van der Waals surface area (Å²) in [5.41, 5.74) is 3.45. The van der Waals surface area contributed by atoms with Crippen molar-refractivity contribution in [3.63, 3.8) is 0 Å². The fraction of sp³-hybridized carbons (Fsp3) is 0.500. The molecule has 0 bridgehead atoms. The summed E-state index contributed by atoms with van der Waals surface area (Å²) < 4.78 is 16.4. The molecular formula is C28H40N2O5. The number of anilines is 1. The van der Waals surface area contributed by atoms with E-state index in [2.05, 4.69) is 41.8 Å². The molecule has 35 heavy (non-hydrogen) atoms. The van der Waals surface area contributed by atoms with Crippen LogP contribution in [-0.2, 0) is 25.5 Å². The van der Waals surface area contributed by atoms with Gasteiger partial charge in [-0.1, -0.05) is 42.7 Å². The molecule has 0 unspecified atom stereocenters. The second-order valence-corrected chi connectivity index (χ2v) is 8.51. The molecule has 2 N–H and O–H groups in total. The summed E-state index contributed by atoms with van der Waals surface area (Å²) >= 11 is 0. The van der Waals surface area contributed by atoms with Crippen molar-refractivity contribution in [3.05, 3.63) is 59.7 Å². The highest BCUT2D eigenvalue weighted by atomic mass is 16.5. The van der Waals surface area contributed by atoms with Crippen molar-refractivity contribution in [1.29, 1.82) is 0 Å².